The summed E-state index contributed by atoms with van der Waals surface area (Å²) in [6.45, 7) is 0.401. The Morgan fingerprint density at radius 1 is 0.971 bits per heavy atom. The summed E-state index contributed by atoms with van der Waals surface area (Å²) in [5.41, 5.74) is 1.35. The van der Waals surface area contributed by atoms with Crippen LogP contribution in [0.15, 0.2) is 42.5 Å². The molecule has 0 aliphatic rings. The number of aromatic nitrogens is 3. The second-order valence-electron chi connectivity index (χ2n) is 7.38. The molecule has 0 saturated carbocycles. The molecule has 0 atom stereocenters. The fourth-order valence-corrected chi connectivity index (χ4v) is 3.41. The van der Waals surface area contributed by atoms with Crippen molar-refractivity contribution in [1.29, 1.82) is 0 Å². The molecule has 0 aliphatic carbocycles. The summed E-state index contributed by atoms with van der Waals surface area (Å²) in [7, 11) is 4.57. The van der Waals surface area contributed by atoms with Gasteiger partial charge in [-0.15, -0.1) is 5.10 Å². The zero-order chi connectivity index (χ0) is 24.5. The van der Waals surface area contributed by atoms with E-state index in [0.717, 1.165) is 5.56 Å². The molecule has 1 heterocycles. The van der Waals surface area contributed by atoms with Crippen molar-refractivity contribution in [1.82, 2.24) is 20.1 Å². The maximum atomic E-state index is 12.7. The monoisotopic (exact) mass is 468 g/mol. The zero-order valence-electron chi connectivity index (χ0n) is 19.4. The second-order valence-corrected chi connectivity index (χ2v) is 7.38. The maximum Gasteiger partial charge on any atom is 0.303 e. The van der Waals surface area contributed by atoms with Crippen molar-refractivity contribution in [3.8, 4) is 34.3 Å². The summed E-state index contributed by atoms with van der Waals surface area (Å²) >= 11 is 0. The van der Waals surface area contributed by atoms with E-state index in [1.165, 1.54) is 21.3 Å². The number of hydrogen-bond acceptors (Lipinski definition) is 7. The number of carbonyl (C=O) groups excluding carboxylic acids is 1. The Labute approximate surface area is 197 Å². The number of ether oxygens (including phenoxy) is 3. The lowest BCUT2D eigenvalue weighted by Crippen LogP contribution is -2.25. The highest BCUT2D eigenvalue weighted by Crippen LogP contribution is 2.39. The molecule has 1 amide bonds. The van der Waals surface area contributed by atoms with Crippen LogP contribution in [0.4, 0.5) is 0 Å². The average Bonchev–Trinajstić information content (AvgIpc) is 3.31. The number of carbonyl (C=O) groups is 2. The average molecular weight is 469 g/mol. The summed E-state index contributed by atoms with van der Waals surface area (Å²) in [5, 5.41) is 16.0. The van der Waals surface area contributed by atoms with Gasteiger partial charge in [0, 0.05) is 30.7 Å². The summed E-state index contributed by atoms with van der Waals surface area (Å²) < 4.78 is 17.9. The molecule has 0 saturated heterocycles. The van der Waals surface area contributed by atoms with E-state index in [1.54, 1.807) is 16.8 Å². The third-order valence-electron chi connectivity index (χ3n) is 5.09. The number of rotatable bonds is 12. The second kappa shape index (κ2) is 11.7. The molecule has 10 heteroatoms. The van der Waals surface area contributed by atoms with Crippen LogP contribution in [0.3, 0.4) is 0 Å². The lowest BCUT2D eigenvalue weighted by molar-refractivity contribution is -0.137. The van der Waals surface area contributed by atoms with Crippen LogP contribution in [0.25, 0.3) is 17.1 Å². The zero-order valence-corrected chi connectivity index (χ0v) is 19.4. The van der Waals surface area contributed by atoms with Crippen LogP contribution in [0, 0.1) is 0 Å². The van der Waals surface area contributed by atoms with Crippen LogP contribution in [0.1, 0.15) is 36.3 Å². The number of benzene rings is 2. The fraction of sp³-hybridized carbons (Fsp3) is 0.333. The standard InChI is InChI=1S/C24H28N4O6/c1-32-18-14-17(15-19(33-2)21(18)34-3)28-23(16-10-6-4-7-11-16)26-22(27-28)24(31)25-13-9-5-8-12-20(29)30/h4,6-7,10-11,14-15H,5,8-9,12-13H2,1-3H3,(H,25,31)(H,29,30). The van der Waals surface area contributed by atoms with Crippen molar-refractivity contribution in [3.63, 3.8) is 0 Å². The number of carboxylic acid groups (broad SMARTS) is 1. The molecule has 3 rings (SSSR count). The van der Waals surface area contributed by atoms with E-state index in [4.69, 9.17) is 19.3 Å². The van der Waals surface area contributed by atoms with Gasteiger partial charge >= 0.3 is 5.97 Å². The largest absolute Gasteiger partial charge is 0.493 e. The van der Waals surface area contributed by atoms with Gasteiger partial charge in [0.05, 0.1) is 27.0 Å². The van der Waals surface area contributed by atoms with Crippen molar-refractivity contribution in [2.45, 2.75) is 25.7 Å². The van der Waals surface area contributed by atoms with Crippen LogP contribution >= 0.6 is 0 Å². The molecule has 0 radical (unpaired) electrons. The normalized spacial score (nSPS) is 10.6. The predicted octanol–water partition coefficient (Wildman–Crippen LogP) is 3.33. The fourth-order valence-electron chi connectivity index (χ4n) is 3.41. The van der Waals surface area contributed by atoms with E-state index in [0.29, 0.717) is 54.6 Å². The van der Waals surface area contributed by atoms with Gasteiger partial charge in [0.1, 0.15) is 0 Å². The molecule has 34 heavy (non-hydrogen) atoms. The number of nitrogens with zero attached hydrogens (tertiary/aromatic N) is 3. The molecule has 0 unspecified atom stereocenters. The van der Waals surface area contributed by atoms with Gasteiger partial charge in [0.25, 0.3) is 5.91 Å². The molecule has 10 nitrogen and oxygen atoms in total. The predicted molar refractivity (Wildman–Crippen MR) is 125 cm³/mol. The third kappa shape index (κ3) is 5.83. The number of hydrogen-bond donors (Lipinski definition) is 2. The van der Waals surface area contributed by atoms with Crippen LogP contribution in [-0.4, -0.2) is 59.6 Å². The molecule has 3 aromatic rings. The van der Waals surface area contributed by atoms with E-state index in [1.807, 2.05) is 30.3 Å². The van der Waals surface area contributed by atoms with Gasteiger partial charge in [-0.2, -0.15) is 0 Å². The van der Waals surface area contributed by atoms with Crippen LogP contribution in [-0.2, 0) is 4.79 Å². The topological polar surface area (TPSA) is 125 Å². The first kappa shape index (κ1) is 24.6. The summed E-state index contributed by atoms with van der Waals surface area (Å²) in [6.07, 6.45) is 2.06. The van der Waals surface area contributed by atoms with E-state index in [9.17, 15) is 9.59 Å². The summed E-state index contributed by atoms with van der Waals surface area (Å²) in [6, 6.07) is 12.9. The molecular formula is C24H28N4O6. The first-order valence-corrected chi connectivity index (χ1v) is 10.8. The molecule has 2 N–H and O–H groups in total. The van der Waals surface area contributed by atoms with Crippen molar-refractivity contribution >= 4 is 11.9 Å². The number of unbranched alkanes of at least 4 members (excludes halogenated alkanes) is 2. The van der Waals surface area contributed by atoms with Gasteiger partial charge < -0.3 is 24.6 Å². The number of carboxylic acids is 1. The minimum atomic E-state index is -0.820. The highest BCUT2D eigenvalue weighted by molar-refractivity contribution is 5.91. The number of nitrogens with one attached hydrogen (secondary N) is 1. The third-order valence-corrected chi connectivity index (χ3v) is 5.09. The number of methoxy groups -OCH3 is 3. The quantitative estimate of drug-likeness (QED) is 0.388. The van der Waals surface area contributed by atoms with Crippen molar-refractivity contribution in [3.05, 3.63) is 48.3 Å². The first-order valence-electron chi connectivity index (χ1n) is 10.8. The van der Waals surface area contributed by atoms with Crippen LogP contribution < -0.4 is 19.5 Å². The smallest absolute Gasteiger partial charge is 0.303 e. The molecule has 2 aromatic carbocycles. The number of amides is 1. The van der Waals surface area contributed by atoms with Gasteiger partial charge in [0.15, 0.2) is 17.3 Å². The molecule has 0 aliphatic heterocycles. The minimum absolute atomic E-state index is 0.0122. The first-order chi connectivity index (χ1) is 16.5. The molecule has 180 valence electrons. The molecule has 1 aromatic heterocycles. The Balaban J connectivity index is 1.90. The van der Waals surface area contributed by atoms with Crippen LogP contribution in [0.2, 0.25) is 0 Å². The van der Waals surface area contributed by atoms with Gasteiger partial charge in [-0.25, -0.2) is 9.67 Å². The molecular weight excluding hydrogens is 440 g/mol. The highest BCUT2D eigenvalue weighted by Gasteiger charge is 2.21. The Morgan fingerprint density at radius 3 is 2.24 bits per heavy atom. The van der Waals surface area contributed by atoms with E-state index < -0.39 is 11.9 Å². The Hall–Kier alpha value is -4.08. The Bertz CT molecular complexity index is 1100. The Morgan fingerprint density at radius 2 is 1.65 bits per heavy atom. The van der Waals surface area contributed by atoms with Crippen molar-refractivity contribution in [2.75, 3.05) is 27.9 Å². The summed E-state index contributed by atoms with van der Waals surface area (Å²) in [4.78, 5) is 27.8. The van der Waals surface area contributed by atoms with Gasteiger partial charge in [0.2, 0.25) is 11.6 Å². The minimum Gasteiger partial charge on any atom is -0.493 e. The molecule has 0 bridgehead atoms. The van der Waals surface area contributed by atoms with E-state index >= 15 is 0 Å². The SMILES string of the molecule is COc1cc(-n2nc(C(=O)NCCCCCC(=O)O)nc2-c2ccccc2)cc(OC)c1OC. The van der Waals surface area contributed by atoms with Crippen LogP contribution in [0.5, 0.6) is 17.2 Å². The van der Waals surface area contributed by atoms with E-state index in [-0.39, 0.29) is 12.2 Å². The summed E-state index contributed by atoms with van der Waals surface area (Å²) in [5.74, 6) is 0.577. The Kier molecular flexibility index (Phi) is 8.44. The van der Waals surface area contributed by atoms with Gasteiger partial charge in [-0.1, -0.05) is 36.8 Å². The lowest BCUT2D eigenvalue weighted by Gasteiger charge is -2.14. The highest BCUT2D eigenvalue weighted by atomic mass is 16.5. The lowest BCUT2D eigenvalue weighted by atomic mass is 10.2. The van der Waals surface area contributed by atoms with Crippen molar-refractivity contribution < 1.29 is 28.9 Å². The van der Waals surface area contributed by atoms with Crippen molar-refractivity contribution in [2.24, 2.45) is 0 Å². The van der Waals surface area contributed by atoms with E-state index in [2.05, 4.69) is 15.4 Å². The number of aliphatic carboxylic acids is 1. The molecule has 0 spiro atoms. The maximum absolute atomic E-state index is 12.7. The molecule has 0 fully saturated rings. The van der Waals surface area contributed by atoms with Gasteiger partial charge in [-0.05, 0) is 12.8 Å². The van der Waals surface area contributed by atoms with Gasteiger partial charge in [-0.3, -0.25) is 9.59 Å².